The number of fused-ring (bicyclic) bond motifs is 1. The maximum atomic E-state index is 12.6. The molecule has 0 spiro atoms. The predicted molar refractivity (Wildman–Crippen MR) is 151 cm³/mol. The van der Waals surface area contributed by atoms with Crippen LogP contribution in [-0.4, -0.2) is 35.1 Å². The summed E-state index contributed by atoms with van der Waals surface area (Å²) in [5.41, 5.74) is -0.446. The fraction of sp³-hybridized carbons (Fsp3) is 0.600. The fourth-order valence-corrected chi connectivity index (χ4v) is 6.33. The maximum absolute atomic E-state index is 12.6. The molecule has 8 heteroatoms. The van der Waals surface area contributed by atoms with E-state index in [0.29, 0.717) is 18.2 Å². The first-order valence-electron chi connectivity index (χ1n) is 14.2. The van der Waals surface area contributed by atoms with Crippen molar-refractivity contribution >= 4 is 32.8 Å². The molecule has 3 N–H and O–H groups in total. The fourth-order valence-electron chi connectivity index (χ4n) is 5.37. The van der Waals surface area contributed by atoms with Gasteiger partial charge in [0.15, 0.2) is 0 Å². The molecule has 0 aliphatic carbocycles. The third kappa shape index (κ3) is 8.80. The van der Waals surface area contributed by atoms with Crippen molar-refractivity contribution in [3.63, 3.8) is 0 Å². The number of rotatable bonds is 19. The number of hydrogen-bond acceptors (Lipinski definition) is 4. The molecule has 2 aromatic carbocycles. The molecule has 0 atom stereocenters. The van der Waals surface area contributed by atoms with Crippen LogP contribution in [0.25, 0.3) is 10.8 Å². The molecule has 212 valence electrons. The minimum Gasteiger partial charge on any atom is -0.478 e. The molecule has 2 aromatic rings. The lowest BCUT2D eigenvalue weighted by molar-refractivity contribution is 0.0649. The highest BCUT2D eigenvalue weighted by Crippen LogP contribution is 2.37. The Hall–Kier alpha value is -2.45. The first kappa shape index (κ1) is 31.8. The van der Waals surface area contributed by atoms with Crippen LogP contribution < -0.4 is 0 Å². The number of aryl methyl sites for hydroxylation is 2. The molecule has 0 saturated heterocycles. The second-order valence-corrected chi connectivity index (χ2v) is 11.6. The summed E-state index contributed by atoms with van der Waals surface area (Å²) >= 11 is 0. The highest BCUT2D eigenvalue weighted by Gasteiger charge is 2.33. The first-order valence-corrected chi connectivity index (χ1v) is 15.6. The van der Waals surface area contributed by atoms with Crippen molar-refractivity contribution in [3.05, 3.63) is 40.5 Å². The van der Waals surface area contributed by atoms with Crippen molar-refractivity contribution in [1.82, 2.24) is 0 Å². The van der Waals surface area contributed by atoms with E-state index >= 15 is 0 Å². The van der Waals surface area contributed by atoms with E-state index in [1.54, 1.807) is 12.1 Å². The van der Waals surface area contributed by atoms with Crippen molar-refractivity contribution in [2.24, 2.45) is 0 Å². The Kier molecular flexibility index (Phi) is 13.2. The first-order chi connectivity index (χ1) is 18.1. The van der Waals surface area contributed by atoms with E-state index in [1.807, 2.05) is 6.07 Å². The summed E-state index contributed by atoms with van der Waals surface area (Å²) in [6.45, 7) is 4.32. The summed E-state index contributed by atoms with van der Waals surface area (Å²) in [5.74, 6) is -3.22. The molecule has 0 aliphatic heterocycles. The number of unbranched alkanes of at least 4 members (excludes halogenated alkanes) is 12. The highest BCUT2D eigenvalue weighted by atomic mass is 32.2. The quantitative estimate of drug-likeness (QED) is 0.120. The molecule has 0 heterocycles. The van der Waals surface area contributed by atoms with Gasteiger partial charge in [0.1, 0.15) is 4.90 Å². The third-order valence-corrected chi connectivity index (χ3v) is 8.21. The number of carboxylic acid groups (broad SMARTS) is 2. The highest BCUT2D eigenvalue weighted by molar-refractivity contribution is 7.86. The molecule has 2 rings (SSSR count). The predicted octanol–water partition coefficient (Wildman–Crippen LogP) is 8.07. The molecule has 7 nitrogen and oxygen atoms in total. The van der Waals surface area contributed by atoms with E-state index in [1.165, 1.54) is 19.3 Å². The molecular weight excluding hydrogens is 504 g/mol. The van der Waals surface area contributed by atoms with E-state index in [0.717, 1.165) is 69.8 Å². The normalized spacial score (nSPS) is 11.8. The maximum Gasteiger partial charge on any atom is 0.338 e. The number of benzene rings is 2. The minimum absolute atomic E-state index is 0.209. The van der Waals surface area contributed by atoms with Crippen LogP contribution in [0.15, 0.2) is 23.1 Å². The third-order valence-electron chi connectivity index (χ3n) is 7.24. The van der Waals surface area contributed by atoms with Gasteiger partial charge in [0.25, 0.3) is 10.1 Å². The lowest BCUT2D eigenvalue weighted by Gasteiger charge is -2.20. The Morgan fingerprint density at radius 1 is 0.684 bits per heavy atom. The number of hydrogen-bond donors (Lipinski definition) is 3. The van der Waals surface area contributed by atoms with Gasteiger partial charge in [0, 0.05) is 0 Å². The molecule has 0 unspecified atom stereocenters. The van der Waals surface area contributed by atoms with Gasteiger partial charge in [-0.2, -0.15) is 8.42 Å². The Labute approximate surface area is 227 Å². The lowest BCUT2D eigenvalue weighted by Crippen LogP contribution is -2.18. The van der Waals surface area contributed by atoms with Gasteiger partial charge in [-0.25, -0.2) is 9.59 Å². The van der Waals surface area contributed by atoms with Crippen molar-refractivity contribution in [2.75, 3.05) is 0 Å². The molecule has 0 saturated carbocycles. The van der Waals surface area contributed by atoms with Crippen LogP contribution >= 0.6 is 0 Å². The monoisotopic (exact) mass is 548 g/mol. The second-order valence-electron chi connectivity index (χ2n) is 10.2. The topological polar surface area (TPSA) is 129 Å². The van der Waals surface area contributed by atoms with Gasteiger partial charge in [-0.05, 0) is 47.6 Å². The van der Waals surface area contributed by atoms with Crippen molar-refractivity contribution in [1.29, 1.82) is 0 Å². The Morgan fingerprint density at radius 2 is 1.16 bits per heavy atom. The molecule has 0 aliphatic rings. The standard InChI is InChI=1S/C30H44O7S/c1-3-5-7-9-11-13-15-18-22-19-17-21-23-25(22)24(20-16-14-12-10-8-6-4-2)28(38(35,36)37)27(30(33)34)26(23)29(31)32/h17,19,21H,3-16,18,20H2,1-2H3,(H,31,32)(H,33,34)(H,35,36,37). The van der Waals surface area contributed by atoms with E-state index in [9.17, 15) is 32.8 Å². The lowest BCUT2D eigenvalue weighted by atomic mass is 9.87. The molecule has 0 fully saturated rings. The van der Waals surface area contributed by atoms with Crippen LogP contribution in [-0.2, 0) is 23.0 Å². The average Bonchev–Trinajstić information content (AvgIpc) is 2.85. The van der Waals surface area contributed by atoms with Crippen LogP contribution in [0.3, 0.4) is 0 Å². The molecule has 0 radical (unpaired) electrons. The number of aromatic carboxylic acids is 2. The van der Waals surface area contributed by atoms with E-state index in [2.05, 4.69) is 13.8 Å². The molecule has 0 aromatic heterocycles. The van der Waals surface area contributed by atoms with Crippen LogP contribution in [0.2, 0.25) is 0 Å². The minimum atomic E-state index is -5.01. The number of carbonyl (C=O) groups is 2. The van der Waals surface area contributed by atoms with Gasteiger partial charge in [0.2, 0.25) is 0 Å². The van der Waals surface area contributed by atoms with Gasteiger partial charge in [-0.15, -0.1) is 0 Å². The second kappa shape index (κ2) is 15.8. The SMILES string of the molecule is CCCCCCCCCc1cccc2c(C(=O)O)c(C(=O)O)c(S(=O)(=O)O)c(CCCCCCCCC)c12. The molecular formula is C30H44O7S. The van der Waals surface area contributed by atoms with E-state index in [4.69, 9.17) is 0 Å². The zero-order chi connectivity index (χ0) is 28.1. The van der Waals surface area contributed by atoms with E-state index in [-0.39, 0.29) is 17.4 Å². The smallest absolute Gasteiger partial charge is 0.338 e. The summed E-state index contributed by atoms with van der Waals surface area (Å²) in [4.78, 5) is 23.7. The zero-order valence-corrected chi connectivity index (χ0v) is 23.7. The summed E-state index contributed by atoms with van der Waals surface area (Å²) in [5, 5.41) is 20.6. The summed E-state index contributed by atoms with van der Waals surface area (Å²) in [6, 6.07) is 5.09. The number of carboxylic acids is 2. The Morgan fingerprint density at radius 3 is 1.63 bits per heavy atom. The van der Waals surface area contributed by atoms with Gasteiger partial charge >= 0.3 is 11.9 Å². The largest absolute Gasteiger partial charge is 0.478 e. The van der Waals surface area contributed by atoms with Crippen LogP contribution in [0.1, 0.15) is 136 Å². The van der Waals surface area contributed by atoms with Gasteiger partial charge in [-0.1, -0.05) is 109 Å². The Bertz CT molecular complexity index is 1190. The molecule has 38 heavy (non-hydrogen) atoms. The van der Waals surface area contributed by atoms with Gasteiger partial charge in [-0.3, -0.25) is 4.55 Å². The van der Waals surface area contributed by atoms with Crippen molar-refractivity contribution < 1.29 is 32.8 Å². The molecule has 0 bridgehead atoms. The average molecular weight is 549 g/mol. The summed E-state index contributed by atoms with van der Waals surface area (Å²) < 4.78 is 35.4. The van der Waals surface area contributed by atoms with Crippen molar-refractivity contribution in [3.8, 4) is 0 Å². The van der Waals surface area contributed by atoms with Gasteiger partial charge < -0.3 is 10.2 Å². The Balaban J connectivity index is 2.55. The van der Waals surface area contributed by atoms with Crippen LogP contribution in [0.4, 0.5) is 0 Å². The van der Waals surface area contributed by atoms with Crippen LogP contribution in [0.5, 0.6) is 0 Å². The molecule has 0 amide bonds. The van der Waals surface area contributed by atoms with Crippen molar-refractivity contribution in [2.45, 2.75) is 121 Å². The van der Waals surface area contributed by atoms with Gasteiger partial charge in [0.05, 0.1) is 11.1 Å². The summed E-state index contributed by atoms with van der Waals surface area (Å²) in [7, 11) is -5.01. The summed E-state index contributed by atoms with van der Waals surface area (Å²) in [6.07, 6.45) is 15.5. The zero-order valence-electron chi connectivity index (χ0n) is 22.9. The van der Waals surface area contributed by atoms with Crippen LogP contribution in [0, 0.1) is 0 Å². The van der Waals surface area contributed by atoms with E-state index < -0.39 is 38.1 Å².